The van der Waals surface area contributed by atoms with E-state index in [9.17, 15) is 9.59 Å². The molecule has 5 nitrogen and oxygen atoms in total. The predicted molar refractivity (Wildman–Crippen MR) is 111 cm³/mol. The summed E-state index contributed by atoms with van der Waals surface area (Å²) in [6.45, 7) is 2.88. The number of rotatable bonds is 4. The first-order valence-corrected chi connectivity index (χ1v) is 9.84. The van der Waals surface area contributed by atoms with Gasteiger partial charge in [-0.2, -0.15) is 0 Å². The van der Waals surface area contributed by atoms with Crippen molar-refractivity contribution in [2.45, 2.75) is 19.8 Å². The number of halogens is 2. The van der Waals surface area contributed by atoms with Crippen molar-refractivity contribution < 1.29 is 14.3 Å². The molecule has 0 aromatic heterocycles. The topological polar surface area (TPSA) is 58.6 Å². The average molecular weight is 421 g/mol. The molecule has 0 spiro atoms. The number of piperidine rings is 1. The Hall–Kier alpha value is -2.24. The summed E-state index contributed by atoms with van der Waals surface area (Å²) in [5.41, 5.74) is 2.00. The zero-order chi connectivity index (χ0) is 20.3. The standard InChI is InChI=1S/C21H22Cl2N2O3/c1-13-10-18(19(28-2)11-17(13)23)24-20(26)15-4-3-9-25(12-15)21(27)14-5-7-16(22)8-6-14/h5-8,10-11,15H,3-4,9,12H2,1-2H3,(H,24,26)/t15-/m1/s1. The summed E-state index contributed by atoms with van der Waals surface area (Å²) < 4.78 is 5.32. The fourth-order valence-electron chi connectivity index (χ4n) is 3.32. The van der Waals surface area contributed by atoms with Crippen LogP contribution in [0.3, 0.4) is 0 Å². The van der Waals surface area contributed by atoms with Gasteiger partial charge in [0.25, 0.3) is 5.91 Å². The molecule has 2 aromatic carbocycles. The maximum atomic E-state index is 12.8. The van der Waals surface area contributed by atoms with Crippen LogP contribution in [0.1, 0.15) is 28.8 Å². The van der Waals surface area contributed by atoms with Gasteiger partial charge in [0.1, 0.15) is 5.75 Å². The third-order valence-electron chi connectivity index (χ3n) is 4.91. The van der Waals surface area contributed by atoms with E-state index >= 15 is 0 Å². The van der Waals surface area contributed by atoms with E-state index in [0.717, 1.165) is 18.4 Å². The normalized spacial score (nSPS) is 16.6. The van der Waals surface area contributed by atoms with Crippen LogP contribution in [0.2, 0.25) is 10.0 Å². The fourth-order valence-corrected chi connectivity index (χ4v) is 3.59. The second-order valence-electron chi connectivity index (χ2n) is 6.89. The number of nitrogens with zero attached hydrogens (tertiary/aromatic N) is 1. The number of carbonyl (C=O) groups is 2. The summed E-state index contributed by atoms with van der Waals surface area (Å²) in [6, 6.07) is 10.3. The molecule has 0 unspecified atom stereocenters. The monoisotopic (exact) mass is 420 g/mol. The lowest BCUT2D eigenvalue weighted by Gasteiger charge is -2.32. The van der Waals surface area contributed by atoms with Crippen LogP contribution in [0.4, 0.5) is 5.69 Å². The first-order chi connectivity index (χ1) is 13.4. The molecule has 0 radical (unpaired) electrons. The number of hydrogen-bond donors (Lipinski definition) is 1. The van der Waals surface area contributed by atoms with Crippen molar-refractivity contribution in [1.29, 1.82) is 0 Å². The fraction of sp³-hybridized carbons (Fsp3) is 0.333. The molecule has 0 aliphatic carbocycles. The number of nitrogens with one attached hydrogen (secondary N) is 1. The minimum absolute atomic E-state index is 0.0888. The second-order valence-corrected chi connectivity index (χ2v) is 7.73. The van der Waals surface area contributed by atoms with E-state index in [1.54, 1.807) is 41.3 Å². The van der Waals surface area contributed by atoms with Gasteiger partial charge >= 0.3 is 0 Å². The molecule has 28 heavy (non-hydrogen) atoms. The maximum Gasteiger partial charge on any atom is 0.253 e. The van der Waals surface area contributed by atoms with Crippen molar-refractivity contribution in [2.75, 3.05) is 25.5 Å². The van der Waals surface area contributed by atoms with Gasteiger partial charge in [-0.3, -0.25) is 9.59 Å². The third-order valence-corrected chi connectivity index (χ3v) is 5.57. The van der Waals surface area contributed by atoms with Crippen LogP contribution in [0, 0.1) is 12.8 Å². The molecule has 1 heterocycles. The molecule has 3 rings (SSSR count). The lowest BCUT2D eigenvalue weighted by atomic mass is 9.96. The number of aryl methyl sites for hydroxylation is 1. The number of carbonyl (C=O) groups excluding carboxylic acids is 2. The number of likely N-dealkylation sites (tertiary alicyclic amines) is 1. The average Bonchev–Trinajstić information content (AvgIpc) is 2.70. The molecule has 0 bridgehead atoms. The largest absolute Gasteiger partial charge is 0.495 e. The molecule has 2 amide bonds. The van der Waals surface area contributed by atoms with E-state index < -0.39 is 0 Å². The zero-order valence-corrected chi connectivity index (χ0v) is 17.3. The van der Waals surface area contributed by atoms with Crippen LogP contribution < -0.4 is 10.1 Å². The lowest BCUT2D eigenvalue weighted by molar-refractivity contribution is -0.121. The Morgan fingerprint density at radius 2 is 1.89 bits per heavy atom. The Kier molecular flexibility index (Phi) is 6.47. The van der Waals surface area contributed by atoms with Crippen molar-refractivity contribution >= 4 is 40.7 Å². The summed E-state index contributed by atoms with van der Waals surface area (Å²) in [6.07, 6.45) is 1.50. The van der Waals surface area contributed by atoms with Crippen LogP contribution in [0.25, 0.3) is 0 Å². The smallest absolute Gasteiger partial charge is 0.253 e. The van der Waals surface area contributed by atoms with E-state index in [2.05, 4.69) is 5.32 Å². The molecule has 1 aliphatic heterocycles. The highest BCUT2D eigenvalue weighted by atomic mass is 35.5. The number of ether oxygens (including phenoxy) is 1. The van der Waals surface area contributed by atoms with Crippen LogP contribution in [0.15, 0.2) is 36.4 Å². The van der Waals surface area contributed by atoms with Crippen molar-refractivity contribution in [3.05, 3.63) is 57.6 Å². The van der Waals surface area contributed by atoms with E-state index in [1.807, 2.05) is 6.92 Å². The second kappa shape index (κ2) is 8.84. The number of amides is 2. The molecule has 1 aliphatic rings. The summed E-state index contributed by atoms with van der Waals surface area (Å²) >= 11 is 12.0. The van der Waals surface area contributed by atoms with Crippen molar-refractivity contribution in [1.82, 2.24) is 4.90 Å². The van der Waals surface area contributed by atoms with E-state index in [1.165, 1.54) is 7.11 Å². The highest BCUT2D eigenvalue weighted by Gasteiger charge is 2.29. The lowest BCUT2D eigenvalue weighted by Crippen LogP contribution is -2.43. The molecular weight excluding hydrogens is 399 g/mol. The molecule has 0 saturated carbocycles. The zero-order valence-electron chi connectivity index (χ0n) is 15.8. The molecule has 1 fully saturated rings. The minimum Gasteiger partial charge on any atom is -0.495 e. The first kappa shape index (κ1) is 20.5. The highest BCUT2D eigenvalue weighted by Crippen LogP contribution is 2.32. The Morgan fingerprint density at radius 1 is 1.18 bits per heavy atom. The van der Waals surface area contributed by atoms with Crippen molar-refractivity contribution in [3.63, 3.8) is 0 Å². The minimum atomic E-state index is -0.286. The van der Waals surface area contributed by atoms with Gasteiger partial charge in [0.15, 0.2) is 0 Å². The Morgan fingerprint density at radius 3 is 2.57 bits per heavy atom. The van der Waals surface area contributed by atoms with Crippen LogP contribution in [0.5, 0.6) is 5.75 Å². The van der Waals surface area contributed by atoms with Gasteiger partial charge in [0, 0.05) is 34.8 Å². The molecular formula is C21H22Cl2N2O3. The number of benzene rings is 2. The Balaban J connectivity index is 1.70. The summed E-state index contributed by atoms with van der Waals surface area (Å²) in [5, 5.41) is 4.09. The van der Waals surface area contributed by atoms with Gasteiger partial charge in [0.2, 0.25) is 5.91 Å². The van der Waals surface area contributed by atoms with Crippen molar-refractivity contribution in [3.8, 4) is 5.75 Å². The maximum absolute atomic E-state index is 12.8. The molecule has 148 valence electrons. The number of anilines is 1. The van der Waals surface area contributed by atoms with Crippen LogP contribution >= 0.6 is 23.2 Å². The molecule has 1 saturated heterocycles. The first-order valence-electron chi connectivity index (χ1n) is 9.09. The molecule has 2 aromatic rings. The number of hydrogen-bond acceptors (Lipinski definition) is 3. The van der Waals surface area contributed by atoms with Gasteiger partial charge in [-0.25, -0.2) is 0 Å². The molecule has 1 atom stereocenters. The van der Waals surface area contributed by atoms with Gasteiger partial charge < -0.3 is 15.0 Å². The highest BCUT2D eigenvalue weighted by molar-refractivity contribution is 6.31. The van der Waals surface area contributed by atoms with E-state index in [4.69, 9.17) is 27.9 Å². The van der Waals surface area contributed by atoms with Gasteiger partial charge in [-0.15, -0.1) is 0 Å². The van der Waals surface area contributed by atoms with E-state index in [0.29, 0.717) is 40.1 Å². The summed E-state index contributed by atoms with van der Waals surface area (Å²) in [4.78, 5) is 27.3. The SMILES string of the molecule is COc1cc(Cl)c(C)cc1NC(=O)[C@@H]1CCCN(C(=O)c2ccc(Cl)cc2)C1. The number of methoxy groups -OCH3 is 1. The van der Waals surface area contributed by atoms with Gasteiger partial charge in [0.05, 0.1) is 18.7 Å². The van der Waals surface area contributed by atoms with Crippen LogP contribution in [-0.2, 0) is 4.79 Å². The summed E-state index contributed by atoms with van der Waals surface area (Å²) in [7, 11) is 1.53. The molecule has 7 heteroatoms. The van der Waals surface area contributed by atoms with Crippen LogP contribution in [-0.4, -0.2) is 36.9 Å². The Labute approximate surface area is 174 Å². The third kappa shape index (κ3) is 4.59. The van der Waals surface area contributed by atoms with Gasteiger partial charge in [-0.1, -0.05) is 23.2 Å². The quantitative estimate of drug-likeness (QED) is 0.772. The summed E-state index contributed by atoms with van der Waals surface area (Å²) in [5.74, 6) is 0.00209. The molecule has 1 N–H and O–H groups in total. The predicted octanol–water partition coefficient (Wildman–Crippen LogP) is 4.80. The Bertz CT molecular complexity index is 884. The van der Waals surface area contributed by atoms with E-state index in [-0.39, 0.29) is 17.7 Å². The van der Waals surface area contributed by atoms with Crippen molar-refractivity contribution in [2.24, 2.45) is 5.92 Å². The van der Waals surface area contributed by atoms with Gasteiger partial charge in [-0.05, 0) is 55.7 Å².